The first kappa shape index (κ1) is 14.8. The predicted molar refractivity (Wildman–Crippen MR) is 80.4 cm³/mol. The maximum Gasteiger partial charge on any atom is 0.271 e. The summed E-state index contributed by atoms with van der Waals surface area (Å²) in [6.45, 7) is 3.92. The summed E-state index contributed by atoms with van der Waals surface area (Å²) in [5.41, 5.74) is 0.425. The monoisotopic (exact) mass is 383 g/mol. The molecule has 0 fully saturated rings. The molecule has 0 aliphatic carbocycles. The Hall–Kier alpha value is -0.570. The number of nitrogens with one attached hydrogen (secondary N) is 1. The van der Waals surface area contributed by atoms with Crippen molar-refractivity contribution in [1.82, 2.24) is 9.78 Å². The lowest BCUT2D eigenvalue weighted by Crippen LogP contribution is -2.11. The van der Waals surface area contributed by atoms with E-state index < -0.39 is 10.0 Å². The van der Waals surface area contributed by atoms with E-state index in [1.165, 1.54) is 12.3 Å². The van der Waals surface area contributed by atoms with Gasteiger partial charge in [-0.2, -0.15) is 5.10 Å². The highest BCUT2D eigenvalue weighted by molar-refractivity contribution is 9.11. The molecule has 19 heavy (non-hydrogen) atoms. The van der Waals surface area contributed by atoms with Crippen molar-refractivity contribution >= 4 is 54.6 Å². The molecule has 0 spiro atoms. The van der Waals surface area contributed by atoms with Crippen LogP contribution in [-0.2, 0) is 10.0 Å². The van der Waals surface area contributed by atoms with E-state index in [1.807, 2.05) is 13.8 Å². The van der Waals surface area contributed by atoms with Crippen LogP contribution < -0.4 is 4.72 Å². The van der Waals surface area contributed by atoms with Crippen molar-refractivity contribution < 1.29 is 8.42 Å². The second kappa shape index (κ2) is 5.43. The molecule has 5 nitrogen and oxygen atoms in total. The molecule has 0 saturated carbocycles. The van der Waals surface area contributed by atoms with Gasteiger partial charge in [-0.25, -0.2) is 8.42 Å². The summed E-state index contributed by atoms with van der Waals surface area (Å²) in [5.74, 6) is 0. The van der Waals surface area contributed by atoms with Crippen molar-refractivity contribution in [2.45, 2.75) is 24.1 Å². The minimum Gasteiger partial charge on any atom is -0.276 e. The normalized spacial score (nSPS) is 12.1. The third-order valence-electron chi connectivity index (χ3n) is 2.27. The summed E-state index contributed by atoms with van der Waals surface area (Å²) in [7, 11) is -3.63. The molecule has 104 valence electrons. The molecule has 0 atom stereocenters. The van der Waals surface area contributed by atoms with Crippen molar-refractivity contribution in [1.29, 1.82) is 0 Å². The van der Waals surface area contributed by atoms with Crippen molar-refractivity contribution in [3.8, 4) is 0 Å². The van der Waals surface area contributed by atoms with E-state index in [0.717, 1.165) is 11.3 Å². The van der Waals surface area contributed by atoms with Crippen LogP contribution in [0.5, 0.6) is 0 Å². The number of nitrogens with zero attached hydrogens (tertiary/aromatic N) is 2. The van der Waals surface area contributed by atoms with Gasteiger partial charge in [0, 0.05) is 12.2 Å². The van der Waals surface area contributed by atoms with Crippen LogP contribution in [0.4, 0.5) is 5.69 Å². The summed E-state index contributed by atoms with van der Waals surface area (Å²) in [5, 5.41) is 4.45. The lowest BCUT2D eigenvalue weighted by molar-refractivity contribution is 0.532. The minimum absolute atomic E-state index is 0.154. The molecule has 1 N–H and O–H groups in total. The number of aromatic nitrogens is 2. The first-order valence-electron chi connectivity index (χ1n) is 5.31. The van der Waals surface area contributed by atoms with Crippen LogP contribution in [0.2, 0.25) is 5.02 Å². The van der Waals surface area contributed by atoms with Crippen LogP contribution in [-0.4, -0.2) is 18.2 Å². The average Bonchev–Trinajstić information content (AvgIpc) is 2.87. The fourth-order valence-corrected chi connectivity index (χ4v) is 4.76. The summed E-state index contributed by atoms with van der Waals surface area (Å²) in [6.07, 6.45) is 3.12. The Morgan fingerprint density at radius 2 is 2.21 bits per heavy atom. The van der Waals surface area contributed by atoms with Gasteiger partial charge in [-0.05, 0) is 35.8 Å². The highest BCUT2D eigenvalue weighted by Crippen LogP contribution is 2.35. The van der Waals surface area contributed by atoms with Gasteiger partial charge in [0.15, 0.2) is 0 Å². The molecule has 0 radical (unpaired) electrons. The molecule has 9 heteroatoms. The Bertz CT molecular complexity index is 674. The third-order valence-corrected chi connectivity index (χ3v) is 6.60. The number of hydrogen-bond acceptors (Lipinski definition) is 4. The van der Waals surface area contributed by atoms with Gasteiger partial charge in [0.2, 0.25) is 0 Å². The number of thiophene rings is 1. The van der Waals surface area contributed by atoms with Crippen molar-refractivity contribution in [2.75, 3.05) is 4.72 Å². The first-order chi connectivity index (χ1) is 8.79. The van der Waals surface area contributed by atoms with Gasteiger partial charge in [-0.3, -0.25) is 9.40 Å². The Labute approximate surface area is 128 Å². The summed E-state index contributed by atoms with van der Waals surface area (Å²) < 4.78 is 29.1. The second-order valence-electron chi connectivity index (χ2n) is 4.10. The fourth-order valence-electron chi connectivity index (χ4n) is 1.34. The van der Waals surface area contributed by atoms with Gasteiger partial charge in [-0.1, -0.05) is 11.6 Å². The Balaban J connectivity index is 2.25. The van der Waals surface area contributed by atoms with Gasteiger partial charge in [-0.15, -0.1) is 11.3 Å². The van der Waals surface area contributed by atoms with Gasteiger partial charge in [0.1, 0.15) is 4.21 Å². The van der Waals surface area contributed by atoms with E-state index in [-0.39, 0.29) is 10.3 Å². The highest BCUT2D eigenvalue weighted by Gasteiger charge is 2.19. The Kier molecular flexibility index (Phi) is 4.24. The van der Waals surface area contributed by atoms with Gasteiger partial charge in [0.05, 0.1) is 20.7 Å². The number of halogens is 2. The number of anilines is 1. The number of sulfonamides is 1. The maximum absolute atomic E-state index is 12.1. The number of hydrogen-bond donors (Lipinski definition) is 1. The zero-order valence-electron chi connectivity index (χ0n) is 10.1. The molecule has 2 aromatic rings. The highest BCUT2D eigenvalue weighted by atomic mass is 79.9. The zero-order valence-corrected chi connectivity index (χ0v) is 14.1. The lowest BCUT2D eigenvalue weighted by atomic mass is 10.4. The molecule has 0 unspecified atom stereocenters. The largest absolute Gasteiger partial charge is 0.276 e. The first-order valence-corrected chi connectivity index (χ1v) is 8.78. The fraction of sp³-hybridized carbons (Fsp3) is 0.300. The van der Waals surface area contributed by atoms with Crippen molar-refractivity contribution in [2.24, 2.45) is 0 Å². The molecule has 2 rings (SSSR count). The molecular formula is C10H11BrClN3O2S2. The maximum atomic E-state index is 12.1. The van der Waals surface area contributed by atoms with E-state index >= 15 is 0 Å². The zero-order chi connectivity index (χ0) is 14.2. The average molecular weight is 385 g/mol. The van der Waals surface area contributed by atoms with E-state index in [9.17, 15) is 8.42 Å². The summed E-state index contributed by atoms with van der Waals surface area (Å²) in [6, 6.07) is 1.58. The molecular weight excluding hydrogens is 374 g/mol. The molecule has 2 aromatic heterocycles. The smallest absolute Gasteiger partial charge is 0.271 e. The minimum atomic E-state index is -3.63. The van der Waals surface area contributed by atoms with E-state index in [1.54, 1.807) is 10.9 Å². The molecule has 2 heterocycles. The summed E-state index contributed by atoms with van der Waals surface area (Å²) in [4.78, 5) is 0. The number of rotatable bonds is 4. The lowest BCUT2D eigenvalue weighted by Gasteiger charge is -2.04. The standard InChI is InChI=1S/C10H11BrClN3O2S2/c1-6(2)15-5-7(4-13-15)14-19(16,17)9-3-8(12)10(11)18-9/h3-6,14H,1-2H3. The van der Waals surface area contributed by atoms with Crippen molar-refractivity contribution in [3.63, 3.8) is 0 Å². The quantitative estimate of drug-likeness (QED) is 0.873. The predicted octanol–water partition coefficient (Wildman–Crippen LogP) is 3.74. The van der Waals surface area contributed by atoms with Crippen LogP contribution in [0.1, 0.15) is 19.9 Å². The van der Waals surface area contributed by atoms with E-state index in [2.05, 4.69) is 25.8 Å². The second-order valence-corrected chi connectivity index (χ2v) is 8.78. The molecule has 0 bridgehead atoms. The molecule has 0 aromatic carbocycles. The topological polar surface area (TPSA) is 64.0 Å². The van der Waals surface area contributed by atoms with Crippen LogP contribution >= 0.6 is 38.9 Å². The van der Waals surface area contributed by atoms with Crippen LogP contribution in [0.3, 0.4) is 0 Å². The van der Waals surface area contributed by atoms with Crippen LogP contribution in [0.25, 0.3) is 0 Å². The SMILES string of the molecule is CC(C)n1cc(NS(=O)(=O)c2cc(Cl)c(Br)s2)cn1. The Morgan fingerprint density at radius 1 is 1.53 bits per heavy atom. The van der Waals surface area contributed by atoms with Crippen LogP contribution in [0.15, 0.2) is 26.5 Å². The van der Waals surface area contributed by atoms with Crippen molar-refractivity contribution in [3.05, 3.63) is 27.3 Å². The summed E-state index contributed by atoms with van der Waals surface area (Å²) >= 11 is 10.1. The molecule has 0 aliphatic heterocycles. The van der Waals surface area contributed by atoms with Gasteiger partial charge in [0.25, 0.3) is 10.0 Å². The van der Waals surface area contributed by atoms with E-state index in [0.29, 0.717) is 14.5 Å². The molecule has 0 amide bonds. The van der Waals surface area contributed by atoms with Gasteiger partial charge < -0.3 is 0 Å². The van der Waals surface area contributed by atoms with Crippen LogP contribution in [0, 0.1) is 0 Å². The molecule has 0 saturated heterocycles. The van der Waals surface area contributed by atoms with E-state index in [4.69, 9.17) is 11.6 Å². The molecule has 0 aliphatic rings. The Morgan fingerprint density at radius 3 is 2.68 bits per heavy atom. The van der Waals surface area contributed by atoms with Gasteiger partial charge >= 0.3 is 0 Å². The third kappa shape index (κ3) is 3.31.